The van der Waals surface area contributed by atoms with E-state index in [0.717, 1.165) is 44.3 Å². The van der Waals surface area contributed by atoms with E-state index in [2.05, 4.69) is 209 Å². The molecule has 12 rings (SSSR count). The first-order valence-corrected chi connectivity index (χ1v) is 19.5. The molecule has 0 aliphatic heterocycles. The third kappa shape index (κ3) is 4.92. The molecule has 0 radical (unpaired) electrons. The van der Waals surface area contributed by atoms with Gasteiger partial charge in [0.25, 0.3) is 0 Å². The zero-order valence-electron chi connectivity index (χ0n) is 30.9. The van der Waals surface area contributed by atoms with Gasteiger partial charge in [-0.15, -0.1) is 0 Å². The summed E-state index contributed by atoms with van der Waals surface area (Å²) in [5, 5.41) is 7.16. The van der Waals surface area contributed by atoms with E-state index in [9.17, 15) is 0 Å². The Morgan fingerprint density at radius 1 is 0.281 bits per heavy atom. The number of nitrogens with zero attached hydrogens (tertiary/aromatic N) is 2. The maximum atomic E-state index is 6.58. The Morgan fingerprint density at radius 2 is 0.719 bits per heavy atom. The van der Waals surface area contributed by atoms with E-state index in [1.54, 1.807) is 0 Å². The molecule has 57 heavy (non-hydrogen) atoms. The summed E-state index contributed by atoms with van der Waals surface area (Å²) in [6.45, 7) is 0. The Hall–Kier alpha value is -7.62. The first-order chi connectivity index (χ1) is 28.3. The fourth-order valence-corrected chi connectivity index (χ4v) is 9.02. The molecule has 0 bridgehead atoms. The van der Waals surface area contributed by atoms with Gasteiger partial charge >= 0.3 is 0 Å². The summed E-state index contributed by atoms with van der Waals surface area (Å²) >= 11 is 0. The molecule has 3 nitrogen and oxygen atoms in total. The van der Waals surface area contributed by atoms with Crippen molar-refractivity contribution in [3.8, 4) is 44.8 Å². The lowest BCUT2D eigenvalue weighted by molar-refractivity contribution is 0.671. The monoisotopic (exact) mass is 726 g/mol. The molecule has 3 aromatic heterocycles. The summed E-state index contributed by atoms with van der Waals surface area (Å²) in [6.07, 6.45) is 0. The van der Waals surface area contributed by atoms with E-state index >= 15 is 0 Å². The Morgan fingerprint density at radius 3 is 1.33 bits per heavy atom. The molecule has 0 atom stereocenters. The van der Waals surface area contributed by atoms with Crippen molar-refractivity contribution < 1.29 is 4.42 Å². The van der Waals surface area contributed by atoms with Gasteiger partial charge < -0.3 is 13.6 Å². The minimum atomic E-state index is 0.907. The SMILES string of the molecule is c1ccc(-c2ccc3c4ccc(-c5ccccc5)cc4n(-c4ccc(-c5ccc(-n6c7ccccc7c7ccc8c9ccccc9oc8c76)cc5)cc4)c3c2)cc1. The average molecular weight is 727 g/mol. The molecule has 0 amide bonds. The molecular weight excluding hydrogens is 693 g/mol. The highest BCUT2D eigenvalue weighted by Crippen LogP contribution is 2.41. The van der Waals surface area contributed by atoms with Crippen LogP contribution in [0.1, 0.15) is 0 Å². The van der Waals surface area contributed by atoms with Crippen LogP contribution in [0.3, 0.4) is 0 Å². The molecule has 9 aromatic carbocycles. The maximum Gasteiger partial charge on any atom is 0.160 e. The van der Waals surface area contributed by atoms with Crippen molar-refractivity contribution in [3.63, 3.8) is 0 Å². The van der Waals surface area contributed by atoms with E-state index in [0.29, 0.717) is 0 Å². The summed E-state index contributed by atoms with van der Waals surface area (Å²) in [5.41, 5.74) is 15.9. The summed E-state index contributed by atoms with van der Waals surface area (Å²) in [4.78, 5) is 0. The van der Waals surface area contributed by atoms with Crippen molar-refractivity contribution >= 4 is 65.6 Å². The van der Waals surface area contributed by atoms with Gasteiger partial charge in [-0.1, -0.05) is 152 Å². The van der Waals surface area contributed by atoms with Crippen LogP contribution in [0.5, 0.6) is 0 Å². The Kier molecular flexibility index (Phi) is 6.93. The number of para-hydroxylation sites is 2. The van der Waals surface area contributed by atoms with E-state index in [1.807, 2.05) is 6.07 Å². The molecule has 0 aliphatic carbocycles. The molecular formula is C54H34N2O. The molecule has 0 unspecified atom stereocenters. The van der Waals surface area contributed by atoms with Crippen LogP contribution in [0.2, 0.25) is 0 Å². The van der Waals surface area contributed by atoms with Gasteiger partial charge in [0.1, 0.15) is 5.58 Å². The number of benzene rings is 9. The fourth-order valence-electron chi connectivity index (χ4n) is 9.02. The van der Waals surface area contributed by atoms with Gasteiger partial charge in [0.05, 0.1) is 22.1 Å². The highest BCUT2D eigenvalue weighted by Gasteiger charge is 2.19. The second-order valence-electron chi connectivity index (χ2n) is 14.9. The fraction of sp³-hybridized carbons (Fsp3) is 0. The lowest BCUT2D eigenvalue weighted by Crippen LogP contribution is -1.95. The molecule has 0 N–H and O–H groups in total. The van der Waals surface area contributed by atoms with Crippen molar-refractivity contribution in [2.45, 2.75) is 0 Å². The van der Waals surface area contributed by atoms with E-state index in [1.165, 1.54) is 66.0 Å². The molecule has 0 fully saturated rings. The smallest absolute Gasteiger partial charge is 0.160 e. The van der Waals surface area contributed by atoms with E-state index in [-0.39, 0.29) is 0 Å². The average Bonchev–Trinajstić information content (AvgIpc) is 3.94. The number of hydrogen-bond donors (Lipinski definition) is 0. The van der Waals surface area contributed by atoms with Crippen molar-refractivity contribution in [2.24, 2.45) is 0 Å². The largest absolute Gasteiger partial charge is 0.454 e. The second kappa shape index (κ2) is 12.5. The standard InChI is InChI=1S/C54H34N2O/c1-3-11-35(12-4-1)39-23-29-44-45-30-24-40(36-13-5-2-6-14-36)34-51(45)55(50(44)33-39)41-25-19-37(20-26-41)38-21-27-42(28-22-38)56-49-17-9-7-15-43(49)47-31-32-48-46-16-8-10-18-52(46)57-54(48)53(47)56/h1-34H. The summed E-state index contributed by atoms with van der Waals surface area (Å²) in [5.74, 6) is 0. The number of fused-ring (bicyclic) bond motifs is 10. The first kappa shape index (κ1) is 31.7. The van der Waals surface area contributed by atoms with Gasteiger partial charge in [-0.25, -0.2) is 0 Å². The first-order valence-electron chi connectivity index (χ1n) is 19.5. The van der Waals surface area contributed by atoms with Crippen LogP contribution in [0, 0.1) is 0 Å². The third-order valence-electron chi connectivity index (χ3n) is 11.7. The Balaban J connectivity index is 0.975. The van der Waals surface area contributed by atoms with Crippen molar-refractivity contribution in [1.82, 2.24) is 9.13 Å². The number of furan rings is 1. The van der Waals surface area contributed by atoms with Crippen LogP contribution in [-0.2, 0) is 0 Å². The Bertz CT molecular complexity index is 3380. The zero-order valence-corrected chi connectivity index (χ0v) is 30.9. The molecule has 12 aromatic rings. The predicted octanol–water partition coefficient (Wildman–Crippen LogP) is 14.8. The molecule has 266 valence electrons. The van der Waals surface area contributed by atoms with Crippen LogP contribution in [0.15, 0.2) is 211 Å². The van der Waals surface area contributed by atoms with Crippen molar-refractivity contribution in [2.75, 3.05) is 0 Å². The Labute approximate surface area is 328 Å². The van der Waals surface area contributed by atoms with Gasteiger partial charge in [-0.05, 0) is 88.0 Å². The molecule has 0 spiro atoms. The summed E-state index contributed by atoms with van der Waals surface area (Å²) < 4.78 is 11.4. The lowest BCUT2D eigenvalue weighted by Gasteiger charge is -2.12. The van der Waals surface area contributed by atoms with Crippen LogP contribution in [0.4, 0.5) is 0 Å². The van der Waals surface area contributed by atoms with Crippen LogP contribution < -0.4 is 0 Å². The molecule has 3 heteroatoms. The van der Waals surface area contributed by atoms with Crippen LogP contribution in [-0.4, -0.2) is 9.13 Å². The minimum absolute atomic E-state index is 0.907. The molecule has 3 heterocycles. The van der Waals surface area contributed by atoms with Gasteiger partial charge in [0, 0.05) is 43.7 Å². The van der Waals surface area contributed by atoms with Crippen molar-refractivity contribution in [1.29, 1.82) is 0 Å². The summed E-state index contributed by atoms with van der Waals surface area (Å²) in [6, 6.07) is 74.4. The summed E-state index contributed by atoms with van der Waals surface area (Å²) in [7, 11) is 0. The zero-order chi connectivity index (χ0) is 37.5. The normalized spacial score (nSPS) is 11.9. The molecule has 0 aliphatic rings. The highest BCUT2D eigenvalue weighted by atomic mass is 16.3. The van der Waals surface area contributed by atoms with Crippen molar-refractivity contribution in [3.05, 3.63) is 206 Å². The predicted molar refractivity (Wildman–Crippen MR) is 239 cm³/mol. The van der Waals surface area contributed by atoms with Gasteiger partial charge in [-0.3, -0.25) is 0 Å². The number of rotatable bonds is 5. The van der Waals surface area contributed by atoms with Crippen LogP contribution in [0.25, 0.3) is 110 Å². The van der Waals surface area contributed by atoms with Gasteiger partial charge in [0.15, 0.2) is 5.58 Å². The quantitative estimate of drug-likeness (QED) is 0.173. The van der Waals surface area contributed by atoms with Crippen LogP contribution >= 0.6 is 0 Å². The van der Waals surface area contributed by atoms with Gasteiger partial charge in [0.2, 0.25) is 0 Å². The molecule has 0 saturated heterocycles. The third-order valence-corrected chi connectivity index (χ3v) is 11.7. The van der Waals surface area contributed by atoms with Gasteiger partial charge in [-0.2, -0.15) is 0 Å². The lowest BCUT2D eigenvalue weighted by atomic mass is 10.0. The highest BCUT2D eigenvalue weighted by molar-refractivity contribution is 6.21. The van der Waals surface area contributed by atoms with E-state index < -0.39 is 0 Å². The maximum absolute atomic E-state index is 6.58. The topological polar surface area (TPSA) is 23.0 Å². The number of aromatic nitrogens is 2. The second-order valence-corrected chi connectivity index (χ2v) is 14.9. The number of hydrogen-bond acceptors (Lipinski definition) is 1. The molecule has 0 saturated carbocycles. The van der Waals surface area contributed by atoms with E-state index in [4.69, 9.17) is 4.42 Å². The minimum Gasteiger partial charge on any atom is -0.454 e.